The average Bonchev–Trinajstić information content (AvgIpc) is 3.01. The molecule has 2 atom stereocenters. The molecule has 100 valence electrons. The van der Waals surface area contributed by atoms with Crippen LogP contribution < -0.4 is 5.32 Å². The summed E-state index contributed by atoms with van der Waals surface area (Å²) in [6, 6.07) is 3.81. The van der Waals surface area contributed by atoms with E-state index in [1.807, 2.05) is 31.6 Å². The molecule has 19 heavy (non-hydrogen) atoms. The second-order valence-corrected chi connectivity index (χ2v) is 5.02. The monoisotopic (exact) mass is 278 g/mol. The molecule has 0 bridgehead atoms. The number of halogens is 1. The van der Waals surface area contributed by atoms with Gasteiger partial charge >= 0.3 is 0 Å². The number of rotatable bonds is 3. The SMILES string of the molecule is Cn1cc([C@H]2OCC[C@@H]2Nc2ncccc2Cl)cn1. The molecule has 2 aromatic heterocycles. The van der Waals surface area contributed by atoms with Gasteiger partial charge in [-0.25, -0.2) is 4.98 Å². The van der Waals surface area contributed by atoms with Crippen LogP contribution in [0.2, 0.25) is 5.02 Å². The molecule has 0 spiro atoms. The maximum absolute atomic E-state index is 6.12. The Labute approximate surface area is 116 Å². The molecule has 5 nitrogen and oxygen atoms in total. The molecule has 1 fully saturated rings. The van der Waals surface area contributed by atoms with Crippen molar-refractivity contribution in [3.8, 4) is 0 Å². The zero-order chi connectivity index (χ0) is 13.2. The quantitative estimate of drug-likeness (QED) is 0.937. The van der Waals surface area contributed by atoms with Crippen molar-refractivity contribution < 1.29 is 4.74 Å². The van der Waals surface area contributed by atoms with Gasteiger partial charge in [0.15, 0.2) is 0 Å². The minimum absolute atomic E-state index is 0.00762. The van der Waals surface area contributed by atoms with Gasteiger partial charge in [-0.05, 0) is 18.6 Å². The van der Waals surface area contributed by atoms with Gasteiger partial charge in [-0.2, -0.15) is 5.10 Å². The molecular weight excluding hydrogens is 264 g/mol. The molecule has 1 N–H and O–H groups in total. The second-order valence-electron chi connectivity index (χ2n) is 4.61. The first-order chi connectivity index (χ1) is 9.24. The van der Waals surface area contributed by atoms with Gasteiger partial charge in [0.25, 0.3) is 0 Å². The lowest BCUT2D eigenvalue weighted by Gasteiger charge is -2.19. The van der Waals surface area contributed by atoms with Gasteiger partial charge in [-0.1, -0.05) is 11.6 Å². The Bertz CT molecular complexity index is 571. The summed E-state index contributed by atoms with van der Waals surface area (Å²) in [5, 5.41) is 8.17. The number of nitrogens with zero attached hydrogens (tertiary/aromatic N) is 3. The molecule has 3 heterocycles. The van der Waals surface area contributed by atoms with Crippen LogP contribution in [0.1, 0.15) is 18.1 Å². The van der Waals surface area contributed by atoms with Gasteiger partial charge in [-0.3, -0.25) is 4.68 Å². The molecule has 6 heteroatoms. The van der Waals surface area contributed by atoms with Crippen LogP contribution in [0.5, 0.6) is 0 Å². The van der Waals surface area contributed by atoms with Crippen molar-refractivity contribution in [3.05, 3.63) is 41.3 Å². The molecule has 0 saturated carbocycles. The highest BCUT2D eigenvalue weighted by atomic mass is 35.5. The molecule has 1 aliphatic heterocycles. The molecule has 0 aliphatic carbocycles. The standard InChI is InChI=1S/C13H15ClN4O/c1-18-8-9(7-16-18)12-11(4-6-19-12)17-13-10(14)3-2-5-15-13/h2-3,5,7-8,11-12H,4,6H2,1H3,(H,15,17)/t11-,12+/m0/s1. The van der Waals surface area contributed by atoms with E-state index in [0.717, 1.165) is 18.6 Å². The summed E-state index contributed by atoms with van der Waals surface area (Å²) in [5.41, 5.74) is 1.07. The maximum Gasteiger partial charge on any atom is 0.145 e. The first-order valence-corrected chi connectivity index (χ1v) is 6.59. The zero-order valence-electron chi connectivity index (χ0n) is 10.6. The number of anilines is 1. The fourth-order valence-electron chi connectivity index (χ4n) is 2.32. The molecule has 0 amide bonds. The van der Waals surface area contributed by atoms with E-state index in [-0.39, 0.29) is 12.1 Å². The highest BCUT2D eigenvalue weighted by Gasteiger charge is 2.31. The van der Waals surface area contributed by atoms with Crippen molar-refractivity contribution >= 4 is 17.4 Å². The molecule has 2 aromatic rings. The summed E-state index contributed by atoms with van der Waals surface area (Å²) in [4.78, 5) is 4.26. The van der Waals surface area contributed by atoms with E-state index in [4.69, 9.17) is 16.3 Å². The van der Waals surface area contributed by atoms with E-state index in [9.17, 15) is 0 Å². The van der Waals surface area contributed by atoms with Crippen molar-refractivity contribution in [1.29, 1.82) is 0 Å². The van der Waals surface area contributed by atoms with Crippen LogP contribution in [0.4, 0.5) is 5.82 Å². The summed E-state index contributed by atoms with van der Waals surface area (Å²) >= 11 is 6.12. The highest BCUT2D eigenvalue weighted by molar-refractivity contribution is 6.32. The van der Waals surface area contributed by atoms with Crippen LogP contribution in [0.15, 0.2) is 30.7 Å². The van der Waals surface area contributed by atoms with E-state index in [2.05, 4.69) is 15.4 Å². The first kappa shape index (κ1) is 12.4. The third-order valence-electron chi connectivity index (χ3n) is 3.23. The summed E-state index contributed by atoms with van der Waals surface area (Å²) in [6.45, 7) is 0.724. The van der Waals surface area contributed by atoms with Crippen LogP contribution in [-0.2, 0) is 11.8 Å². The Hall–Kier alpha value is -1.59. The lowest BCUT2D eigenvalue weighted by molar-refractivity contribution is 0.107. The Morgan fingerprint density at radius 1 is 1.53 bits per heavy atom. The number of nitrogens with one attached hydrogen (secondary N) is 1. The number of aromatic nitrogens is 3. The first-order valence-electron chi connectivity index (χ1n) is 6.21. The van der Waals surface area contributed by atoms with Gasteiger partial charge in [0.1, 0.15) is 11.9 Å². The summed E-state index contributed by atoms with van der Waals surface area (Å²) in [6.07, 6.45) is 6.46. The Kier molecular flexibility index (Phi) is 3.40. The summed E-state index contributed by atoms with van der Waals surface area (Å²) in [7, 11) is 1.90. The number of ether oxygens (including phenoxy) is 1. The lowest BCUT2D eigenvalue weighted by Crippen LogP contribution is -2.23. The molecule has 1 saturated heterocycles. The van der Waals surface area contributed by atoms with Gasteiger partial charge in [0.2, 0.25) is 0 Å². The van der Waals surface area contributed by atoms with Gasteiger partial charge in [-0.15, -0.1) is 0 Å². The maximum atomic E-state index is 6.12. The van der Waals surface area contributed by atoms with Crippen molar-refractivity contribution in [1.82, 2.24) is 14.8 Å². The predicted molar refractivity (Wildman–Crippen MR) is 73.2 cm³/mol. The molecule has 0 aromatic carbocycles. The van der Waals surface area contributed by atoms with Gasteiger partial charge in [0, 0.05) is 31.6 Å². The van der Waals surface area contributed by atoms with Gasteiger partial charge in [0.05, 0.1) is 17.3 Å². The number of hydrogen-bond acceptors (Lipinski definition) is 4. The number of aryl methyl sites for hydroxylation is 1. The third kappa shape index (κ3) is 2.57. The zero-order valence-corrected chi connectivity index (χ0v) is 11.3. The van der Waals surface area contributed by atoms with Gasteiger partial charge < -0.3 is 10.1 Å². The fourth-order valence-corrected chi connectivity index (χ4v) is 2.50. The van der Waals surface area contributed by atoms with E-state index < -0.39 is 0 Å². The highest BCUT2D eigenvalue weighted by Crippen LogP contribution is 2.32. The van der Waals surface area contributed by atoms with Crippen LogP contribution >= 0.6 is 11.6 Å². The minimum Gasteiger partial charge on any atom is -0.371 e. The van der Waals surface area contributed by atoms with Crippen molar-refractivity contribution in [2.75, 3.05) is 11.9 Å². The second kappa shape index (κ2) is 5.19. The van der Waals surface area contributed by atoms with Crippen molar-refractivity contribution in [2.24, 2.45) is 7.05 Å². The molecular formula is C13H15ClN4O. The number of pyridine rings is 1. The lowest BCUT2D eigenvalue weighted by atomic mass is 10.1. The third-order valence-corrected chi connectivity index (χ3v) is 3.53. The Morgan fingerprint density at radius 3 is 3.16 bits per heavy atom. The van der Waals surface area contributed by atoms with Crippen LogP contribution in [0, 0.1) is 0 Å². The topological polar surface area (TPSA) is 52.0 Å². The van der Waals surface area contributed by atoms with E-state index >= 15 is 0 Å². The summed E-state index contributed by atoms with van der Waals surface area (Å²) in [5.74, 6) is 0.702. The average molecular weight is 279 g/mol. The smallest absolute Gasteiger partial charge is 0.145 e. The minimum atomic E-state index is -0.00762. The molecule has 3 rings (SSSR count). The fraction of sp³-hybridized carbons (Fsp3) is 0.385. The predicted octanol–water partition coefficient (Wildman–Crippen LogP) is 2.41. The molecule has 0 unspecified atom stereocenters. The van der Waals surface area contributed by atoms with E-state index in [1.54, 1.807) is 10.9 Å². The van der Waals surface area contributed by atoms with E-state index in [0.29, 0.717) is 10.8 Å². The largest absolute Gasteiger partial charge is 0.371 e. The van der Waals surface area contributed by atoms with Crippen LogP contribution in [0.25, 0.3) is 0 Å². The van der Waals surface area contributed by atoms with Crippen LogP contribution in [-0.4, -0.2) is 27.4 Å². The van der Waals surface area contributed by atoms with Crippen molar-refractivity contribution in [2.45, 2.75) is 18.6 Å². The Balaban J connectivity index is 1.79. The summed E-state index contributed by atoms with van der Waals surface area (Å²) < 4.78 is 7.57. The normalized spacial score (nSPS) is 22.6. The van der Waals surface area contributed by atoms with E-state index in [1.165, 1.54) is 0 Å². The molecule has 0 radical (unpaired) electrons. The Morgan fingerprint density at radius 2 is 2.42 bits per heavy atom. The van der Waals surface area contributed by atoms with Crippen molar-refractivity contribution in [3.63, 3.8) is 0 Å². The number of hydrogen-bond donors (Lipinski definition) is 1. The molecule has 1 aliphatic rings. The van der Waals surface area contributed by atoms with Crippen LogP contribution in [0.3, 0.4) is 0 Å².